The molecule has 0 fully saturated rings. The van der Waals surface area contributed by atoms with E-state index in [0.29, 0.717) is 6.54 Å². The number of aliphatic hydroxyl groups is 1. The lowest BCUT2D eigenvalue weighted by atomic mass is 10.1. The summed E-state index contributed by atoms with van der Waals surface area (Å²) in [6, 6.07) is 6.73. The zero-order valence-corrected chi connectivity index (χ0v) is 10.8. The number of aliphatic hydroxyl groups excluding tert-OH is 1. The van der Waals surface area contributed by atoms with Crippen LogP contribution in [0.5, 0.6) is 5.75 Å². The van der Waals surface area contributed by atoms with Crippen molar-refractivity contribution in [1.29, 1.82) is 0 Å². The first-order valence-corrected chi connectivity index (χ1v) is 5.71. The molecule has 100 valence electrons. The summed E-state index contributed by atoms with van der Waals surface area (Å²) < 4.78 is 9.83. The highest BCUT2D eigenvalue weighted by atomic mass is 16.5. The lowest BCUT2D eigenvalue weighted by molar-refractivity contribution is -0.145. The van der Waals surface area contributed by atoms with E-state index in [1.807, 2.05) is 24.3 Å². The molecule has 0 bridgehead atoms. The van der Waals surface area contributed by atoms with Gasteiger partial charge in [-0.1, -0.05) is 18.2 Å². The molecule has 0 amide bonds. The summed E-state index contributed by atoms with van der Waals surface area (Å²) in [4.78, 5) is 11.5. The van der Waals surface area contributed by atoms with Crippen LogP contribution in [0.3, 0.4) is 0 Å². The van der Waals surface area contributed by atoms with Crippen molar-refractivity contribution in [2.75, 3.05) is 14.2 Å². The molecule has 1 rings (SSSR count). The second kappa shape index (κ2) is 6.98. The van der Waals surface area contributed by atoms with Crippen molar-refractivity contribution >= 4 is 5.97 Å². The van der Waals surface area contributed by atoms with Gasteiger partial charge in [0.2, 0.25) is 0 Å². The number of rotatable bonds is 6. The molecule has 1 aromatic rings. The Balaban J connectivity index is 2.70. The maximum atomic E-state index is 11.5. The van der Waals surface area contributed by atoms with Crippen LogP contribution in [0, 0.1) is 0 Å². The molecule has 0 spiro atoms. The third-order valence-corrected chi connectivity index (χ3v) is 2.64. The predicted molar refractivity (Wildman–Crippen MR) is 67.3 cm³/mol. The maximum absolute atomic E-state index is 11.5. The Morgan fingerprint density at radius 2 is 2.06 bits per heavy atom. The topological polar surface area (TPSA) is 67.8 Å². The van der Waals surface area contributed by atoms with Crippen molar-refractivity contribution in [3.63, 3.8) is 0 Å². The van der Waals surface area contributed by atoms with Crippen LogP contribution in [-0.2, 0) is 16.1 Å². The summed E-state index contributed by atoms with van der Waals surface area (Å²) in [6.45, 7) is 1.95. The van der Waals surface area contributed by atoms with Crippen molar-refractivity contribution in [2.45, 2.75) is 25.6 Å². The summed E-state index contributed by atoms with van der Waals surface area (Å²) in [5.74, 6) is 0.249. The van der Waals surface area contributed by atoms with Crippen LogP contribution in [0.2, 0.25) is 0 Å². The zero-order valence-electron chi connectivity index (χ0n) is 10.8. The van der Waals surface area contributed by atoms with E-state index in [1.54, 1.807) is 7.11 Å². The quantitative estimate of drug-likeness (QED) is 0.731. The minimum atomic E-state index is -0.827. The Morgan fingerprint density at radius 1 is 1.39 bits per heavy atom. The molecule has 1 aromatic carbocycles. The van der Waals surface area contributed by atoms with E-state index in [2.05, 4.69) is 10.1 Å². The molecule has 2 N–H and O–H groups in total. The van der Waals surface area contributed by atoms with Crippen LogP contribution in [-0.4, -0.2) is 37.4 Å². The van der Waals surface area contributed by atoms with Crippen LogP contribution < -0.4 is 10.1 Å². The first-order chi connectivity index (χ1) is 8.60. The van der Waals surface area contributed by atoms with Gasteiger partial charge in [-0.3, -0.25) is 10.1 Å². The third-order valence-electron chi connectivity index (χ3n) is 2.64. The van der Waals surface area contributed by atoms with Crippen molar-refractivity contribution < 1.29 is 19.4 Å². The Hall–Kier alpha value is -1.59. The van der Waals surface area contributed by atoms with Crippen LogP contribution in [0.15, 0.2) is 24.3 Å². The second-order valence-electron chi connectivity index (χ2n) is 3.93. The Bertz CT molecular complexity index is 392. The highest BCUT2D eigenvalue weighted by molar-refractivity contribution is 5.76. The molecule has 0 saturated carbocycles. The summed E-state index contributed by atoms with van der Waals surface area (Å²) in [6.07, 6.45) is -0.827. The molecule has 0 aliphatic heterocycles. The number of nitrogens with one attached hydrogen (secondary N) is 1. The monoisotopic (exact) mass is 253 g/mol. The Morgan fingerprint density at radius 3 is 2.61 bits per heavy atom. The minimum Gasteiger partial charge on any atom is -0.496 e. The number of ether oxygens (including phenoxy) is 2. The van der Waals surface area contributed by atoms with Gasteiger partial charge in [0, 0.05) is 12.1 Å². The number of esters is 1. The van der Waals surface area contributed by atoms with Crippen LogP contribution >= 0.6 is 0 Å². The van der Waals surface area contributed by atoms with Crippen LogP contribution in [0.25, 0.3) is 0 Å². The number of carbonyl (C=O) groups excluding carboxylic acids is 1. The highest BCUT2D eigenvalue weighted by Gasteiger charge is 2.23. The van der Waals surface area contributed by atoms with Gasteiger partial charge in [-0.05, 0) is 13.0 Å². The summed E-state index contributed by atoms with van der Waals surface area (Å²) >= 11 is 0. The predicted octanol–water partition coefficient (Wildman–Crippen LogP) is 0.707. The van der Waals surface area contributed by atoms with Gasteiger partial charge in [0.1, 0.15) is 11.8 Å². The molecule has 18 heavy (non-hydrogen) atoms. The fourth-order valence-corrected chi connectivity index (χ4v) is 1.65. The summed E-state index contributed by atoms with van der Waals surface area (Å²) in [5, 5.41) is 12.5. The molecule has 5 nitrogen and oxygen atoms in total. The SMILES string of the molecule is COC(=O)[C@@H](NCc1ccccc1OC)[C@@H](C)O. The summed E-state index contributed by atoms with van der Waals surface area (Å²) in [7, 11) is 2.88. The van der Waals surface area contributed by atoms with E-state index in [4.69, 9.17) is 4.74 Å². The lowest BCUT2D eigenvalue weighted by Crippen LogP contribution is -2.45. The van der Waals surface area contributed by atoms with Crippen LogP contribution in [0.4, 0.5) is 0 Å². The number of para-hydroxylation sites is 1. The van der Waals surface area contributed by atoms with E-state index < -0.39 is 18.1 Å². The first-order valence-electron chi connectivity index (χ1n) is 5.71. The number of carbonyl (C=O) groups is 1. The average molecular weight is 253 g/mol. The number of hydrogen-bond acceptors (Lipinski definition) is 5. The van der Waals surface area contributed by atoms with Gasteiger partial charge < -0.3 is 14.6 Å². The molecule has 0 unspecified atom stereocenters. The van der Waals surface area contributed by atoms with Gasteiger partial charge >= 0.3 is 5.97 Å². The van der Waals surface area contributed by atoms with Crippen molar-refractivity contribution in [2.24, 2.45) is 0 Å². The molecule has 0 saturated heterocycles. The van der Waals surface area contributed by atoms with E-state index >= 15 is 0 Å². The van der Waals surface area contributed by atoms with E-state index in [-0.39, 0.29) is 0 Å². The van der Waals surface area contributed by atoms with Crippen molar-refractivity contribution in [1.82, 2.24) is 5.32 Å². The second-order valence-corrected chi connectivity index (χ2v) is 3.93. The van der Waals surface area contributed by atoms with Gasteiger partial charge in [0.25, 0.3) is 0 Å². The minimum absolute atomic E-state index is 0.411. The Labute approximate surface area is 107 Å². The normalized spacial score (nSPS) is 13.8. The van der Waals surface area contributed by atoms with E-state index in [1.165, 1.54) is 14.0 Å². The van der Waals surface area contributed by atoms with Crippen LogP contribution in [0.1, 0.15) is 12.5 Å². The lowest BCUT2D eigenvalue weighted by Gasteiger charge is -2.19. The van der Waals surface area contributed by atoms with Gasteiger partial charge in [-0.25, -0.2) is 0 Å². The largest absolute Gasteiger partial charge is 0.496 e. The molecule has 0 heterocycles. The zero-order chi connectivity index (χ0) is 13.5. The highest BCUT2D eigenvalue weighted by Crippen LogP contribution is 2.17. The first kappa shape index (κ1) is 14.5. The fraction of sp³-hybridized carbons (Fsp3) is 0.462. The van der Waals surface area contributed by atoms with Crippen molar-refractivity contribution in [3.05, 3.63) is 29.8 Å². The molecular weight excluding hydrogens is 234 g/mol. The third kappa shape index (κ3) is 3.72. The molecule has 2 atom stereocenters. The average Bonchev–Trinajstić information content (AvgIpc) is 2.38. The van der Waals surface area contributed by atoms with Gasteiger partial charge in [0.05, 0.1) is 20.3 Å². The number of hydrogen-bond donors (Lipinski definition) is 2. The smallest absolute Gasteiger partial charge is 0.325 e. The molecule has 0 aromatic heterocycles. The molecular formula is C13H19NO4. The maximum Gasteiger partial charge on any atom is 0.325 e. The Kier molecular flexibility index (Phi) is 5.61. The molecule has 0 aliphatic rings. The molecule has 5 heteroatoms. The standard InChI is InChI=1S/C13H19NO4/c1-9(15)12(13(16)18-3)14-8-10-6-4-5-7-11(10)17-2/h4-7,9,12,14-15H,8H2,1-3H3/t9-,12+/m1/s1. The molecule has 0 aliphatic carbocycles. The number of benzene rings is 1. The fourth-order valence-electron chi connectivity index (χ4n) is 1.65. The van der Waals surface area contributed by atoms with Crippen molar-refractivity contribution in [3.8, 4) is 5.75 Å². The van der Waals surface area contributed by atoms with E-state index in [9.17, 15) is 9.90 Å². The van der Waals surface area contributed by atoms with Gasteiger partial charge in [-0.15, -0.1) is 0 Å². The summed E-state index contributed by atoms with van der Waals surface area (Å²) in [5.41, 5.74) is 0.912. The number of methoxy groups -OCH3 is 2. The molecule has 0 radical (unpaired) electrons. The van der Waals surface area contributed by atoms with Gasteiger partial charge in [-0.2, -0.15) is 0 Å². The van der Waals surface area contributed by atoms with Gasteiger partial charge in [0.15, 0.2) is 0 Å². The van der Waals surface area contributed by atoms with E-state index in [0.717, 1.165) is 11.3 Å².